The average molecular weight is 391 g/mol. The summed E-state index contributed by atoms with van der Waals surface area (Å²) in [6.45, 7) is 0. The Labute approximate surface area is 166 Å². The summed E-state index contributed by atoms with van der Waals surface area (Å²) in [7, 11) is 0. The first-order valence-corrected chi connectivity index (χ1v) is 9.21. The van der Waals surface area contributed by atoms with E-state index in [2.05, 4.69) is 25.9 Å². The Kier molecular flexibility index (Phi) is 3.91. The number of aromatic amines is 1. The van der Waals surface area contributed by atoms with Crippen LogP contribution in [-0.2, 0) is 0 Å². The minimum absolute atomic E-state index is 0.304. The Hall–Kier alpha value is -3.51. The van der Waals surface area contributed by atoms with Crippen LogP contribution in [0.3, 0.4) is 0 Å². The minimum Gasteiger partial charge on any atom is -0.457 e. The number of nitrogens with one attached hydrogen (secondary N) is 2. The zero-order valence-corrected chi connectivity index (χ0v) is 15.5. The van der Waals surface area contributed by atoms with Crippen molar-refractivity contribution in [1.82, 2.24) is 4.98 Å². The molecule has 3 aromatic carbocycles. The highest BCUT2D eigenvalue weighted by Crippen LogP contribution is 2.28. The van der Waals surface area contributed by atoms with Gasteiger partial charge in [0.15, 0.2) is 0 Å². The molecule has 0 amide bonds. The van der Waals surface area contributed by atoms with Crippen molar-refractivity contribution >= 4 is 34.5 Å². The molecule has 0 fully saturated rings. The highest BCUT2D eigenvalue weighted by molar-refractivity contribution is 6.30. The van der Waals surface area contributed by atoms with E-state index in [0.29, 0.717) is 16.7 Å². The van der Waals surface area contributed by atoms with Crippen LogP contribution in [0.25, 0.3) is 11.0 Å². The van der Waals surface area contributed by atoms with Crippen molar-refractivity contribution in [2.45, 2.75) is 6.17 Å². The number of aliphatic imine (C=N–C) groups is 1. The molecule has 1 aliphatic heterocycles. The van der Waals surface area contributed by atoms with Crippen molar-refractivity contribution in [2.75, 3.05) is 5.32 Å². The number of fused-ring (bicyclic) bond motifs is 3. The molecule has 0 aliphatic carbocycles. The lowest BCUT2D eigenvalue weighted by Crippen LogP contribution is -2.48. The number of hydrogen-bond donors (Lipinski definition) is 3. The molecule has 0 saturated heterocycles. The highest BCUT2D eigenvalue weighted by atomic mass is 35.5. The Morgan fingerprint density at radius 1 is 0.964 bits per heavy atom. The number of nitrogens with zero attached hydrogens (tertiary/aromatic N) is 2. The molecule has 7 heteroatoms. The third-order valence-electron chi connectivity index (χ3n) is 4.62. The van der Waals surface area contributed by atoms with Crippen LogP contribution in [0.2, 0.25) is 5.02 Å². The van der Waals surface area contributed by atoms with Gasteiger partial charge in [-0.25, -0.2) is 14.9 Å². The number of aromatic nitrogens is 2. The second-order valence-electron chi connectivity index (χ2n) is 6.50. The van der Waals surface area contributed by atoms with Gasteiger partial charge in [0.2, 0.25) is 6.17 Å². The fourth-order valence-electron chi connectivity index (χ4n) is 3.39. The number of H-pyrrole nitrogens is 1. The normalized spacial score (nSPS) is 15.6. The van der Waals surface area contributed by atoms with Crippen LogP contribution < -0.4 is 20.4 Å². The number of rotatable bonds is 3. The summed E-state index contributed by atoms with van der Waals surface area (Å²) >= 11 is 5.95. The molecule has 0 bridgehead atoms. The van der Waals surface area contributed by atoms with Gasteiger partial charge >= 0.3 is 5.95 Å². The highest BCUT2D eigenvalue weighted by Gasteiger charge is 2.31. The molecule has 4 N–H and O–H groups in total. The number of guanidine groups is 1. The first-order chi connectivity index (χ1) is 13.7. The van der Waals surface area contributed by atoms with E-state index in [-0.39, 0.29) is 6.17 Å². The average Bonchev–Trinajstić information content (AvgIpc) is 3.07. The fourth-order valence-corrected chi connectivity index (χ4v) is 3.51. The summed E-state index contributed by atoms with van der Waals surface area (Å²) in [5.74, 6) is 2.59. The number of ether oxygens (including phenoxy) is 1. The van der Waals surface area contributed by atoms with Crippen molar-refractivity contribution in [2.24, 2.45) is 10.7 Å². The van der Waals surface area contributed by atoms with Gasteiger partial charge in [0, 0.05) is 10.6 Å². The van der Waals surface area contributed by atoms with E-state index in [4.69, 9.17) is 22.1 Å². The number of anilines is 1. The van der Waals surface area contributed by atoms with Crippen molar-refractivity contribution in [3.05, 3.63) is 83.4 Å². The molecule has 6 nitrogen and oxygen atoms in total. The molecule has 28 heavy (non-hydrogen) atoms. The quantitative estimate of drug-likeness (QED) is 0.459. The van der Waals surface area contributed by atoms with Crippen LogP contribution in [-0.4, -0.2) is 10.9 Å². The Morgan fingerprint density at radius 3 is 2.64 bits per heavy atom. The van der Waals surface area contributed by atoms with Gasteiger partial charge in [-0.3, -0.25) is 0 Å². The van der Waals surface area contributed by atoms with Crippen molar-refractivity contribution in [3.63, 3.8) is 0 Å². The molecular weight excluding hydrogens is 374 g/mol. The van der Waals surface area contributed by atoms with Gasteiger partial charge in [-0.15, -0.1) is 0 Å². The van der Waals surface area contributed by atoms with Gasteiger partial charge in [-0.05, 0) is 48.5 Å². The predicted molar refractivity (Wildman–Crippen MR) is 110 cm³/mol. The zero-order valence-electron chi connectivity index (χ0n) is 14.8. The molecule has 1 aliphatic rings. The van der Waals surface area contributed by atoms with Crippen LogP contribution in [0.4, 0.5) is 5.95 Å². The molecule has 0 radical (unpaired) electrons. The summed E-state index contributed by atoms with van der Waals surface area (Å²) in [5.41, 5.74) is 9.05. The van der Waals surface area contributed by atoms with Crippen molar-refractivity contribution in [1.29, 1.82) is 0 Å². The summed E-state index contributed by atoms with van der Waals surface area (Å²) in [4.78, 5) is 7.98. The maximum absolute atomic E-state index is 6.04. The van der Waals surface area contributed by atoms with E-state index in [9.17, 15) is 0 Å². The molecule has 0 unspecified atom stereocenters. The number of halogens is 1. The van der Waals surface area contributed by atoms with E-state index >= 15 is 0 Å². The number of nitrogens with two attached hydrogens (primary N) is 1. The second kappa shape index (κ2) is 6.58. The summed E-state index contributed by atoms with van der Waals surface area (Å²) in [6.07, 6.45) is -0.304. The van der Waals surface area contributed by atoms with E-state index in [1.807, 2.05) is 54.6 Å². The lowest BCUT2D eigenvalue weighted by Gasteiger charge is -2.18. The first-order valence-electron chi connectivity index (χ1n) is 8.83. The lowest BCUT2D eigenvalue weighted by atomic mass is 10.1. The van der Waals surface area contributed by atoms with E-state index < -0.39 is 0 Å². The smallest absolute Gasteiger partial charge is 0.365 e. The molecule has 138 valence electrons. The number of para-hydroxylation sites is 2. The van der Waals surface area contributed by atoms with Gasteiger partial charge in [0.05, 0.1) is 0 Å². The molecule has 5 rings (SSSR count). The monoisotopic (exact) mass is 390 g/mol. The Morgan fingerprint density at radius 2 is 1.79 bits per heavy atom. The summed E-state index contributed by atoms with van der Waals surface area (Å²) in [6, 6.07) is 23.2. The molecule has 0 saturated carbocycles. The standard InChI is InChI=1S/C21H16ClN5O/c22-14-8-10-15(11-9-14)28-16-5-3-4-13(12-16)19-25-20(23)26-21-24-17-6-1-2-7-18(17)27(19)21/h1-12,19H,(H3,23,24,25,26)/p+1/t19-/m0/s1. The van der Waals surface area contributed by atoms with Crippen LogP contribution in [0.1, 0.15) is 11.7 Å². The first kappa shape index (κ1) is 16.6. The Bertz CT molecular complexity index is 1200. The van der Waals surface area contributed by atoms with Crippen molar-refractivity contribution < 1.29 is 9.30 Å². The van der Waals surface area contributed by atoms with Crippen molar-refractivity contribution in [3.8, 4) is 11.5 Å². The summed E-state index contributed by atoms with van der Waals surface area (Å²) < 4.78 is 8.07. The SMILES string of the molecule is NC1=N[C@H](c2cccc(Oc3ccc(Cl)cc3)c2)[n+]2c([nH]c3ccccc32)N1. The topological polar surface area (TPSA) is 79.3 Å². The third kappa shape index (κ3) is 2.93. The number of imidazole rings is 1. The fraction of sp³-hybridized carbons (Fsp3) is 0.0476. The van der Waals surface area contributed by atoms with Gasteiger partial charge in [-0.2, -0.15) is 4.99 Å². The lowest BCUT2D eigenvalue weighted by molar-refractivity contribution is -0.674. The molecule has 0 spiro atoms. The van der Waals surface area contributed by atoms with Crippen LogP contribution >= 0.6 is 11.6 Å². The van der Waals surface area contributed by atoms with Gasteiger partial charge < -0.3 is 10.5 Å². The molecule has 1 aromatic heterocycles. The van der Waals surface area contributed by atoms with Crippen LogP contribution in [0, 0.1) is 0 Å². The molecular formula is C21H17ClN5O+. The van der Waals surface area contributed by atoms with Crippen LogP contribution in [0.15, 0.2) is 77.8 Å². The largest absolute Gasteiger partial charge is 0.457 e. The van der Waals surface area contributed by atoms with E-state index in [1.165, 1.54) is 0 Å². The maximum Gasteiger partial charge on any atom is 0.365 e. The molecule has 4 aromatic rings. The summed E-state index contributed by atoms with van der Waals surface area (Å²) in [5, 5.41) is 3.77. The van der Waals surface area contributed by atoms with Crippen LogP contribution in [0.5, 0.6) is 11.5 Å². The Balaban J connectivity index is 1.56. The van der Waals surface area contributed by atoms with Gasteiger partial charge in [0.1, 0.15) is 22.5 Å². The maximum atomic E-state index is 6.04. The molecule has 1 atom stereocenters. The molecule has 2 heterocycles. The van der Waals surface area contributed by atoms with Gasteiger partial charge in [-0.1, -0.05) is 35.9 Å². The second-order valence-corrected chi connectivity index (χ2v) is 6.94. The third-order valence-corrected chi connectivity index (χ3v) is 4.87. The van der Waals surface area contributed by atoms with Gasteiger partial charge in [0.25, 0.3) is 5.96 Å². The number of hydrogen-bond acceptors (Lipinski definition) is 4. The van der Waals surface area contributed by atoms with E-state index in [1.54, 1.807) is 12.1 Å². The predicted octanol–water partition coefficient (Wildman–Crippen LogP) is 4.19. The zero-order chi connectivity index (χ0) is 19.1. The number of benzene rings is 3. The van der Waals surface area contributed by atoms with E-state index in [0.717, 1.165) is 28.3 Å². The minimum atomic E-state index is -0.304.